The first-order valence-electron chi connectivity index (χ1n) is 6.25. The van der Waals surface area contributed by atoms with Gasteiger partial charge in [-0.1, -0.05) is 13.8 Å². The van der Waals surface area contributed by atoms with Crippen LogP contribution in [-0.4, -0.2) is 23.2 Å². The third-order valence-electron chi connectivity index (χ3n) is 2.99. The normalized spacial score (nSPS) is 11.4. The second-order valence-corrected chi connectivity index (χ2v) is 5.39. The van der Waals surface area contributed by atoms with Gasteiger partial charge in [0.15, 0.2) is 11.6 Å². The summed E-state index contributed by atoms with van der Waals surface area (Å²) in [6, 6.07) is 1.37. The fraction of sp³-hybridized carbons (Fsp3) is 0.538. The number of nitrogens with zero attached hydrogens (tertiary/aromatic N) is 1. The van der Waals surface area contributed by atoms with Gasteiger partial charge in [-0.2, -0.15) is 0 Å². The van der Waals surface area contributed by atoms with Crippen molar-refractivity contribution in [2.45, 2.75) is 26.7 Å². The average Bonchev–Trinajstić information content (AvgIpc) is 2.35. The molecule has 0 fully saturated rings. The number of nitrogens with one attached hydrogen (secondary N) is 1. The molecule has 0 aromatic heterocycles. The van der Waals surface area contributed by atoms with E-state index in [4.69, 9.17) is 5.11 Å². The van der Waals surface area contributed by atoms with Gasteiger partial charge in [-0.05, 0) is 18.3 Å². The molecule has 0 spiro atoms. The van der Waals surface area contributed by atoms with Crippen molar-refractivity contribution in [2.24, 2.45) is 5.41 Å². The van der Waals surface area contributed by atoms with Crippen molar-refractivity contribution in [1.29, 1.82) is 0 Å². The predicted molar refractivity (Wildman–Crippen MR) is 71.6 cm³/mol. The van der Waals surface area contributed by atoms with E-state index in [1.54, 1.807) is 0 Å². The molecule has 1 aromatic rings. The Labute approximate surface area is 115 Å². The monoisotopic (exact) mass is 288 g/mol. The molecular weight excluding hydrogens is 270 g/mol. The van der Waals surface area contributed by atoms with Crippen LogP contribution in [-0.2, 0) is 0 Å². The van der Waals surface area contributed by atoms with Crippen molar-refractivity contribution < 1.29 is 18.8 Å². The van der Waals surface area contributed by atoms with Crippen LogP contribution in [0.3, 0.4) is 0 Å². The lowest BCUT2D eigenvalue weighted by molar-refractivity contribution is -0.385. The molecule has 2 N–H and O–H groups in total. The third-order valence-corrected chi connectivity index (χ3v) is 2.99. The molecule has 0 aliphatic rings. The molecule has 0 heterocycles. The van der Waals surface area contributed by atoms with Gasteiger partial charge in [0, 0.05) is 13.2 Å². The van der Waals surface area contributed by atoms with Gasteiger partial charge in [-0.25, -0.2) is 8.78 Å². The second-order valence-electron chi connectivity index (χ2n) is 5.39. The first-order chi connectivity index (χ1) is 9.26. The highest BCUT2D eigenvalue weighted by atomic mass is 19.1. The zero-order valence-corrected chi connectivity index (χ0v) is 11.4. The Hall–Kier alpha value is -1.76. The number of hydrogen-bond acceptors (Lipinski definition) is 4. The van der Waals surface area contributed by atoms with Crippen LogP contribution in [0.25, 0.3) is 0 Å². The van der Waals surface area contributed by atoms with E-state index < -0.39 is 22.2 Å². The van der Waals surface area contributed by atoms with Crippen LogP contribution in [0.15, 0.2) is 12.1 Å². The van der Waals surface area contributed by atoms with Crippen LogP contribution in [0.5, 0.6) is 0 Å². The molecule has 1 rings (SSSR count). The highest BCUT2D eigenvalue weighted by Gasteiger charge is 2.21. The minimum Gasteiger partial charge on any atom is -0.396 e. The van der Waals surface area contributed by atoms with E-state index in [9.17, 15) is 18.9 Å². The Morgan fingerprint density at radius 1 is 1.35 bits per heavy atom. The van der Waals surface area contributed by atoms with E-state index in [1.165, 1.54) is 0 Å². The number of nitro groups is 1. The van der Waals surface area contributed by atoms with E-state index in [1.807, 2.05) is 13.8 Å². The summed E-state index contributed by atoms with van der Waals surface area (Å²) >= 11 is 0. The molecule has 0 atom stereocenters. The molecule has 0 radical (unpaired) electrons. The SMILES string of the molecule is CC(C)(CCCO)CNc1c(F)cc([N+](=O)[O-])cc1F. The van der Waals surface area contributed by atoms with E-state index in [2.05, 4.69) is 5.32 Å². The highest BCUT2D eigenvalue weighted by molar-refractivity contribution is 5.51. The highest BCUT2D eigenvalue weighted by Crippen LogP contribution is 2.28. The lowest BCUT2D eigenvalue weighted by Gasteiger charge is -2.25. The maximum absolute atomic E-state index is 13.7. The number of nitro benzene ring substituents is 1. The van der Waals surface area contributed by atoms with Crippen molar-refractivity contribution in [3.05, 3.63) is 33.9 Å². The van der Waals surface area contributed by atoms with E-state index in [0.717, 1.165) is 0 Å². The lowest BCUT2D eigenvalue weighted by Crippen LogP contribution is -2.24. The van der Waals surface area contributed by atoms with Crippen molar-refractivity contribution in [3.8, 4) is 0 Å². The Morgan fingerprint density at radius 2 is 1.90 bits per heavy atom. The molecular formula is C13H18F2N2O3. The molecule has 112 valence electrons. The Kier molecular flexibility index (Phi) is 5.38. The zero-order valence-electron chi connectivity index (χ0n) is 11.4. The summed E-state index contributed by atoms with van der Waals surface area (Å²) < 4.78 is 27.3. The standard InChI is InChI=1S/C13H18F2N2O3/c1-13(2,4-3-5-18)8-16-12-10(14)6-9(17(19)20)7-11(12)15/h6-7,16,18H,3-5,8H2,1-2H3. The summed E-state index contributed by atoms with van der Waals surface area (Å²) in [5.41, 5.74) is -1.25. The Bertz CT molecular complexity index is 469. The number of aliphatic hydroxyl groups is 1. The minimum absolute atomic E-state index is 0.0592. The average molecular weight is 288 g/mol. The number of hydrogen-bond donors (Lipinski definition) is 2. The number of benzene rings is 1. The van der Waals surface area contributed by atoms with Crippen molar-refractivity contribution in [2.75, 3.05) is 18.5 Å². The van der Waals surface area contributed by atoms with Gasteiger partial charge in [-0.15, -0.1) is 0 Å². The van der Waals surface area contributed by atoms with E-state index >= 15 is 0 Å². The van der Waals surface area contributed by atoms with Gasteiger partial charge in [0.2, 0.25) is 0 Å². The first kappa shape index (κ1) is 16.3. The molecule has 0 unspecified atom stereocenters. The van der Waals surface area contributed by atoms with Gasteiger partial charge >= 0.3 is 0 Å². The van der Waals surface area contributed by atoms with Gasteiger partial charge in [-0.3, -0.25) is 10.1 Å². The summed E-state index contributed by atoms with van der Waals surface area (Å²) in [7, 11) is 0. The number of anilines is 1. The summed E-state index contributed by atoms with van der Waals surface area (Å²) in [5.74, 6) is -1.98. The van der Waals surface area contributed by atoms with Crippen molar-refractivity contribution in [3.63, 3.8) is 0 Å². The van der Waals surface area contributed by atoms with E-state index in [-0.39, 0.29) is 17.7 Å². The number of halogens is 2. The lowest BCUT2D eigenvalue weighted by atomic mass is 9.88. The van der Waals surface area contributed by atoms with Crippen LogP contribution in [0, 0.1) is 27.2 Å². The molecule has 0 saturated carbocycles. The van der Waals surface area contributed by atoms with Crippen LogP contribution in [0.2, 0.25) is 0 Å². The largest absolute Gasteiger partial charge is 0.396 e. The van der Waals surface area contributed by atoms with Gasteiger partial charge in [0.25, 0.3) is 5.69 Å². The van der Waals surface area contributed by atoms with Crippen LogP contribution >= 0.6 is 0 Å². The molecule has 7 heteroatoms. The Morgan fingerprint density at radius 3 is 2.35 bits per heavy atom. The molecule has 0 aliphatic heterocycles. The van der Waals surface area contributed by atoms with Gasteiger partial charge < -0.3 is 10.4 Å². The maximum atomic E-state index is 13.7. The Balaban J connectivity index is 2.81. The van der Waals surface area contributed by atoms with Crippen LogP contribution in [0.4, 0.5) is 20.2 Å². The third kappa shape index (κ3) is 4.41. The van der Waals surface area contributed by atoms with Crippen LogP contribution in [0.1, 0.15) is 26.7 Å². The topological polar surface area (TPSA) is 75.4 Å². The van der Waals surface area contributed by atoms with Crippen molar-refractivity contribution >= 4 is 11.4 Å². The summed E-state index contributed by atoms with van der Waals surface area (Å²) in [4.78, 5) is 9.63. The zero-order chi connectivity index (χ0) is 15.3. The first-order valence-corrected chi connectivity index (χ1v) is 6.25. The molecule has 5 nitrogen and oxygen atoms in total. The van der Waals surface area contributed by atoms with Crippen LogP contribution < -0.4 is 5.32 Å². The van der Waals surface area contributed by atoms with Crippen molar-refractivity contribution in [1.82, 2.24) is 0 Å². The molecule has 0 aliphatic carbocycles. The molecule has 20 heavy (non-hydrogen) atoms. The van der Waals surface area contributed by atoms with Gasteiger partial charge in [0.1, 0.15) is 5.69 Å². The molecule has 0 bridgehead atoms. The smallest absolute Gasteiger partial charge is 0.275 e. The fourth-order valence-corrected chi connectivity index (χ4v) is 1.81. The number of rotatable bonds is 7. The molecule has 0 saturated heterocycles. The summed E-state index contributed by atoms with van der Waals surface area (Å²) in [6.45, 7) is 4.15. The predicted octanol–water partition coefficient (Wildman–Crippen LogP) is 3.08. The number of non-ortho nitro benzene ring substituents is 1. The summed E-state index contributed by atoms with van der Waals surface area (Å²) in [5, 5.41) is 21.9. The fourth-order valence-electron chi connectivity index (χ4n) is 1.81. The maximum Gasteiger partial charge on any atom is 0.275 e. The quantitative estimate of drug-likeness (QED) is 0.597. The van der Waals surface area contributed by atoms with E-state index in [0.29, 0.717) is 31.5 Å². The molecule has 0 amide bonds. The second kappa shape index (κ2) is 6.60. The summed E-state index contributed by atoms with van der Waals surface area (Å²) in [6.07, 6.45) is 1.28. The van der Waals surface area contributed by atoms with Gasteiger partial charge in [0.05, 0.1) is 17.1 Å². The minimum atomic E-state index is -0.991. The number of aliphatic hydroxyl groups excluding tert-OH is 1. The molecule has 1 aromatic carbocycles.